The van der Waals surface area contributed by atoms with Gasteiger partial charge in [-0.25, -0.2) is 13.2 Å². The van der Waals surface area contributed by atoms with Gasteiger partial charge in [0, 0.05) is 5.56 Å². The third-order valence-corrected chi connectivity index (χ3v) is 3.39. The van der Waals surface area contributed by atoms with Gasteiger partial charge in [0.05, 0.1) is 13.2 Å². The van der Waals surface area contributed by atoms with Crippen molar-refractivity contribution in [1.29, 1.82) is 0 Å². The number of rotatable bonds is 4. The van der Waals surface area contributed by atoms with E-state index in [2.05, 4.69) is 5.32 Å². The third-order valence-electron chi connectivity index (χ3n) is 3.39. The van der Waals surface area contributed by atoms with Crippen LogP contribution in [0.15, 0.2) is 30.3 Å². The molecule has 0 radical (unpaired) electrons. The van der Waals surface area contributed by atoms with Gasteiger partial charge in [-0.1, -0.05) is 6.07 Å². The average Bonchev–Trinajstić information content (AvgIpc) is 2.45. The maximum absolute atomic E-state index is 14.1. The molecule has 0 aromatic heterocycles. The standard InChI is InChI=1S/C16H16F3NO/c1-9-6-13(18)11(8-12(9)17)16(20-2)10-4-5-15(21-3)14(19)7-10/h4-8,16,20H,1-3H3. The maximum atomic E-state index is 14.1. The van der Waals surface area contributed by atoms with Gasteiger partial charge < -0.3 is 10.1 Å². The zero-order chi connectivity index (χ0) is 15.6. The molecule has 2 nitrogen and oxygen atoms in total. The smallest absolute Gasteiger partial charge is 0.165 e. The van der Waals surface area contributed by atoms with Crippen LogP contribution in [0.2, 0.25) is 0 Å². The summed E-state index contributed by atoms with van der Waals surface area (Å²) < 4.78 is 46.4. The van der Waals surface area contributed by atoms with Crippen LogP contribution in [0.1, 0.15) is 22.7 Å². The fourth-order valence-corrected chi connectivity index (χ4v) is 2.25. The van der Waals surface area contributed by atoms with E-state index < -0.39 is 23.5 Å². The van der Waals surface area contributed by atoms with E-state index in [4.69, 9.17) is 4.74 Å². The molecule has 0 amide bonds. The molecule has 0 aliphatic rings. The quantitative estimate of drug-likeness (QED) is 0.928. The zero-order valence-corrected chi connectivity index (χ0v) is 12.0. The molecule has 1 N–H and O–H groups in total. The summed E-state index contributed by atoms with van der Waals surface area (Å²) in [6, 6.07) is 5.93. The van der Waals surface area contributed by atoms with E-state index >= 15 is 0 Å². The Labute approximate surface area is 121 Å². The van der Waals surface area contributed by atoms with Crippen LogP contribution in [-0.4, -0.2) is 14.2 Å². The Balaban J connectivity index is 2.49. The zero-order valence-electron chi connectivity index (χ0n) is 12.0. The number of hydrogen-bond donors (Lipinski definition) is 1. The molecule has 112 valence electrons. The number of aryl methyl sites for hydroxylation is 1. The summed E-state index contributed by atoms with van der Waals surface area (Å²) in [5, 5.41) is 2.87. The van der Waals surface area contributed by atoms with Gasteiger partial charge in [-0.15, -0.1) is 0 Å². The SMILES string of the molecule is CNC(c1ccc(OC)c(F)c1)c1cc(F)c(C)cc1F. The van der Waals surface area contributed by atoms with Gasteiger partial charge in [-0.05, 0) is 49.4 Å². The van der Waals surface area contributed by atoms with Crippen LogP contribution in [0.25, 0.3) is 0 Å². The van der Waals surface area contributed by atoms with Crippen LogP contribution >= 0.6 is 0 Å². The van der Waals surface area contributed by atoms with Crippen molar-refractivity contribution >= 4 is 0 Å². The Morgan fingerprint density at radius 3 is 2.29 bits per heavy atom. The highest BCUT2D eigenvalue weighted by molar-refractivity contribution is 5.38. The Morgan fingerprint density at radius 2 is 1.71 bits per heavy atom. The Morgan fingerprint density at radius 1 is 1.00 bits per heavy atom. The maximum Gasteiger partial charge on any atom is 0.165 e. The minimum absolute atomic E-state index is 0.101. The number of methoxy groups -OCH3 is 1. The lowest BCUT2D eigenvalue weighted by Crippen LogP contribution is -2.19. The van der Waals surface area contributed by atoms with Crippen molar-refractivity contribution in [2.24, 2.45) is 0 Å². The van der Waals surface area contributed by atoms with Crippen molar-refractivity contribution in [3.8, 4) is 5.75 Å². The lowest BCUT2D eigenvalue weighted by molar-refractivity contribution is 0.385. The van der Waals surface area contributed by atoms with Gasteiger partial charge in [-0.3, -0.25) is 0 Å². The molecule has 0 saturated heterocycles. The van der Waals surface area contributed by atoms with E-state index in [1.807, 2.05) is 0 Å². The Kier molecular flexibility index (Phi) is 4.53. The van der Waals surface area contributed by atoms with Crippen LogP contribution in [0.4, 0.5) is 13.2 Å². The largest absolute Gasteiger partial charge is 0.494 e. The molecule has 0 saturated carbocycles. The summed E-state index contributed by atoms with van der Waals surface area (Å²) in [6.45, 7) is 1.49. The molecule has 0 heterocycles. The third kappa shape index (κ3) is 3.03. The molecule has 5 heteroatoms. The van der Waals surface area contributed by atoms with Crippen LogP contribution < -0.4 is 10.1 Å². The highest BCUT2D eigenvalue weighted by Crippen LogP contribution is 2.29. The van der Waals surface area contributed by atoms with Gasteiger partial charge in [0.1, 0.15) is 11.6 Å². The molecule has 1 unspecified atom stereocenters. The van der Waals surface area contributed by atoms with Crippen molar-refractivity contribution in [3.63, 3.8) is 0 Å². The van der Waals surface area contributed by atoms with Crippen LogP contribution in [0.5, 0.6) is 5.75 Å². The van der Waals surface area contributed by atoms with E-state index in [-0.39, 0.29) is 16.9 Å². The highest BCUT2D eigenvalue weighted by Gasteiger charge is 2.19. The van der Waals surface area contributed by atoms with E-state index in [9.17, 15) is 13.2 Å². The molecule has 2 aromatic carbocycles. The number of hydrogen-bond acceptors (Lipinski definition) is 2. The minimum Gasteiger partial charge on any atom is -0.494 e. The fraction of sp³-hybridized carbons (Fsp3) is 0.250. The lowest BCUT2D eigenvalue weighted by atomic mass is 9.97. The number of halogens is 3. The summed E-state index contributed by atoms with van der Waals surface area (Å²) in [5.74, 6) is -1.49. The summed E-state index contributed by atoms with van der Waals surface area (Å²) in [4.78, 5) is 0. The molecule has 21 heavy (non-hydrogen) atoms. The molecule has 1 atom stereocenters. The first-order chi connectivity index (χ1) is 9.97. The lowest BCUT2D eigenvalue weighted by Gasteiger charge is -2.19. The van der Waals surface area contributed by atoms with E-state index in [0.717, 1.165) is 12.1 Å². The first-order valence-corrected chi connectivity index (χ1v) is 6.44. The molecular weight excluding hydrogens is 279 g/mol. The highest BCUT2D eigenvalue weighted by atomic mass is 19.1. The summed E-state index contributed by atoms with van der Waals surface area (Å²) >= 11 is 0. The summed E-state index contributed by atoms with van der Waals surface area (Å²) in [5.41, 5.74) is 0.843. The van der Waals surface area contributed by atoms with Crippen LogP contribution in [-0.2, 0) is 0 Å². The molecule has 2 aromatic rings. The number of benzene rings is 2. The average molecular weight is 295 g/mol. The van der Waals surface area contributed by atoms with Crippen molar-refractivity contribution in [1.82, 2.24) is 5.32 Å². The molecule has 0 spiro atoms. The molecule has 0 aliphatic carbocycles. The van der Waals surface area contributed by atoms with Crippen LogP contribution in [0.3, 0.4) is 0 Å². The molecular formula is C16H16F3NO. The predicted molar refractivity (Wildman–Crippen MR) is 74.9 cm³/mol. The van der Waals surface area contributed by atoms with Crippen molar-refractivity contribution in [2.75, 3.05) is 14.2 Å². The predicted octanol–water partition coefficient (Wildman–Crippen LogP) is 3.73. The normalized spacial score (nSPS) is 12.3. The van der Waals surface area contributed by atoms with Gasteiger partial charge in [0.25, 0.3) is 0 Å². The van der Waals surface area contributed by atoms with Crippen molar-refractivity contribution < 1.29 is 17.9 Å². The van der Waals surface area contributed by atoms with E-state index in [0.29, 0.717) is 5.56 Å². The van der Waals surface area contributed by atoms with Gasteiger partial charge >= 0.3 is 0 Å². The molecule has 2 rings (SSSR count). The Bertz CT molecular complexity index is 658. The van der Waals surface area contributed by atoms with Gasteiger partial charge in [-0.2, -0.15) is 0 Å². The number of ether oxygens (including phenoxy) is 1. The topological polar surface area (TPSA) is 21.3 Å². The van der Waals surface area contributed by atoms with Gasteiger partial charge in [0.15, 0.2) is 11.6 Å². The second kappa shape index (κ2) is 6.18. The first-order valence-electron chi connectivity index (χ1n) is 6.44. The Hall–Kier alpha value is -2.01. The van der Waals surface area contributed by atoms with Crippen LogP contribution in [0, 0.1) is 24.4 Å². The van der Waals surface area contributed by atoms with E-state index in [1.165, 1.54) is 26.2 Å². The van der Waals surface area contributed by atoms with E-state index in [1.54, 1.807) is 13.1 Å². The first kappa shape index (κ1) is 15.4. The molecule has 0 bridgehead atoms. The number of nitrogens with one attached hydrogen (secondary N) is 1. The summed E-state index contributed by atoms with van der Waals surface area (Å²) in [7, 11) is 2.96. The monoisotopic (exact) mass is 295 g/mol. The van der Waals surface area contributed by atoms with Crippen molar-refractivity contribution in [3.05, 3.63) is 64.5 Å². The second-order valence-corrected chi connectivity index (χ2v) is 4.74. The second-order valence-electron chi connectivity index (χ2n) is 4.74. The van der Waals surface area contributed by atoms with Crippen molar-refractivity contribution in [2.45, 2.75) is 13.0 Å². The van der Waals surface area contributed by atoms with Gasteiger partial charge in [0.2, 0.25) is 0 Å². The molecule has 0 fully saturated rings. The summed E-state index contributed by atoms with van der Waals surface area (Å²) in [6.07, 6.45) is 0. The fourth-order valence-electron chi connectivity index (χ4n) is 2.25. The minimum atomic E-state index is -0.652. The molecule has 0 aliphatic heterocycles.